The highest BCUT2D eigenvalue weighted by atomic mass is 32.2. The molecule has 6 nitrogen and oxygen atoms in total. The van der Waals surface area contributed by atoms with Crippen molar-refractivity contribution in [2.75, 3.05) is 0 Å². The van der Waals surface area contributed by atoms with Gasteiger partial charge in [-0.25, -0.2) is 8.42 Å². The summed E-state index contributed by atoms with van der Waals surface area (Å²) in [4.78, 5) is 15.8. The summed E-state index contributed by atoms with van der Waals surface area (Å²) in [6.45, 7) is 3.30. The summed E-state index contributed by atoms with van der Waals surface area (Å²) < 4.78 is 25.9. The fraction of sp³-hybridized carbons (Fsp3) is 0.250. The first-order valence-corrected chi connectivity index (χ1v) is 9.87. The lowest BCUT2D eigenvalue weighted by molar-refractivity contribution is -0.137. The number of carboxylic acids is 1. The highest BCUT2D eigenvalue weighted by Gasteiger charge is 2.22. The average Bonchev–Trinajstić information content (AvgIpc) is 2.64. The monoisotopic (exact) mass is 386 g/mol. The van der Waals surface area contributed by atoms with Gasteiger partial charge < -0.3 is 10.5 Å². The van der Waals surface area contributed by atoms with Gasteiger partial charge in [0.05, 0.1) is 22.8 Å². The van der Waals surface area contributed by atoms with E-state index in [9.17, 15) is 13.2 Å². The third-order valence-electron chi connectivity index (χ3n) is 4.22. The smallest absolute Gasteiger partial charge is 0.304 e. The molecule has 0 spiro atoms. The van der Waals surface area contributed by atoms with E-state index in [1.54, 1.807) is 68.4 Å². The SMILES string of the molecule is CC(=N)C(CC(=O)O)C(C)=NCc1ccccc1S(=O)(=O)c1ccccc1. The zero-order valence-electron chi connectivity index (χ0n) is 15.2. The van der Waals surface area contributed by atoms with Gasteiger partial charge in [-0.05, 0) is 37.6 Å². The molecule has 0 aliphatic heterocycles. The fourth-order valence-corrected chi connectivity index (χ4v) is 4.24. The molecule has 2 aromatic rings. The average molecular weight is 386 g/mol. The van der Waals surface area contributed by atoms with E-state index in [0.717, 1.165) is 0 Å². The number of carbonyl (C=O) groups is 1. The van der Waals surface area contributed by atoms with E-state index in [0.29, 0.717) is 11.3 Å². The normalized spacial score (nSPS) is 13.2. The number of hydrogen-bond acceptors (Lipinski definition) is 5. The van der Waals surface area contributed by atoms with Crippen molar-refractivity contribution in [1.29, 1.82) is 5.41 Å². The number of carboxylic acid groups (broad SMARTS) is 1. The second kappa shape index (κ2) is 8.73. The van der Waals surface area contributed by atoms with Crippen molar-refractivity contribution < 1.29 is 18.3 Å². The maximum Gasteiger partial charge on any atom is 0.304 e. The van der Waals surface area contributed by atoms with Crippen LogP contribution in [0.15, 0.2) is 69.4 Å². The first-order chi connectivity index (χ1) is 12.7. The van der Waals surface area contributed by atoms with Crippen LogP contribution < -0.4 is 0 Å². The topological polar surface area (TPSA) is 108 Å². The lowest BCUT2D eigenvalue weighted by Crippen LogP contribution is -2.22. The molecule has 2 N–H and O–H groups in total. The molecule has 0 saturated heterocycles. The van der Waals surface area contributed by atoms with E-state index >= 15 is 0 Å². The minimum Gasteiger partial charge on any atom is -0.481 e. The summed E-state index contributed by atoms with van der Waals surface area (Å²) in [7, 11) is -3.68. The van der Waals surface area contributed by atoms with E-state index in [4.69, 9.17) is 10.5 Å². The highest BCUT2D eigenvalue weighted by Crippen LogP contribution is 2.24. The maximum absolute atomic E-state index is 12.9. The van der Waals surface area contributed by atoms with E-state index in [-0.39, 0.29) is 28.5 Å². The van der Waals surface area contributed by atoms with Gasteiger partial charge >= 0.3 is 5.97 Å². The van der Waals surface area contributed by atoms with Crippen LogP contribution in [0.25, 0.3) is 0 Å². The summed E-state index contributed by atoms with van der Waals surface area (Å²) in [5.41, 5.74) is 1.23. The fourth-order valence-electron chi connectivity index (χ4n) is 2.73. The zero-order chi connectivity index (χ0) is 20.0. The number of aliphatic carboxylic acids is 1. The van der Waals surface area contributed by atoms with Gasteiger partial charge in [0.1, 0.15) is 0 Å². The van der Waals surface area contributed by atoms with Gasteiger partial charge in [0.2, 0.25) is 9.84 Å². The quantitative estimate of drug-likeness (QED) is 0.676. The third-order valence-corrected chi connectivity index (χ3v) is 6.09. The Morgan fingerprint density at radius 2 is 1.67 bits per heavy atom. The van der Waals surface area contributed by atoms with Crippen LogP contribution in [0, 0.1) is 11.3 Å². The maximum atomic E-state index is 12.9. The minimum atomic E-state index is -3.68. The minimum absolute atomic E-state index is 0.0947. The van der Waals surface area contributed by atoms with Gasteiger partial charge in [0.15, 0.2) is 0 Å². The summed E-state index contributed by atoms with van der Waals surface area (Å²) in [6, 6.07) is 14.8. The Labute approximate surface area is 159 Å². The Bertz CT molecular complexity index is 966. The van der Waals surface area contributed by atoms with Crippen LogP contribution in [0.5, 0.6) is 0 Å². The van der Waals surface area contributed by atoms with Crippen LogP contribution in [0.2, 0.25) is 0 Å². The summed E-state index contributed by atoms with van der Waals surface area (Å²) in [6.07, 6.45) is -0.214. The van der Waals surface area contributed by atoms with Crippen molar-refractivity contribution in [2.45, 2.75) is 36.6 Å². The lowest BCUT2D eigenvalue weighted by atomic mass is 9.95. The molecule has 1 atom stereocenters. The molecule has 0 saturated carbocycles. The molecule has 0 aromatic heterocycles. The predicted molar refractivity (Wildman–Crippen MR) is 104 cm³/mol. The van der Waals surface area contributed by atoms with Crippen molar-refractivity contribution in [3.05, 3.63) is 60.2 Å². The Hall–Kier alpha value is -2.80. The summed E-state index contributed by atoms with van der Waals surface area (Å²) in [5, 5.41) is 16.8. The van der Waals surface area contributed by atoms with Crippen LogP contribution in [0.4, 0.5) is 0 Å². The molecule has 0 bridgehead atoms. The van der Waals surface area contributed by atoms with Crippen molar-refractivity contribution in [3.8, 4) is 0 Å². The number of benzene rings is 2. The van der Waals surface area contributed by atoms with Gasteiger partial charge in [-0.1, -0.05) is 36.4 Å². The predicted octanol–water partition coefficient (Wildman–Crippen LogP) is 3.61. The molecular weight excluding hydrogens is 364 g/mol. The Morgan fingerprint density at radius 1 is 1.07 bits per heavy atom. The molecule has 2 rings (SSSR count). The molecule has 0 aliphatic rings. The van der Waals surface area contributed by atoms with Crippen LogP contribution in [0.1, 0.15) is 25.8 Å². The number of aliphatic imine (C=N–C) groups is 1. The zero-order valence-corrected chi connectivity index (χ0v) is 16.0. The lowest BCUT2D eigenvalue weighted by Gasteiger charge is -2.14. The number of sulfone groups is 1. The molecule has 27 heavy (non-hydrogen) atoms. The molecule has 0 heterocycles. The van der Waals surface area contributed by atoms with Crippen molar-refractivity contribution in [3.63, 3.8) is 0 Å². The molecule has 142 valence electrons. The van der Waals surface area contributed by atoms with Crippen LogP contribution in [-0.4, -0.2) is 30.9 Å². The Balaban J connectivity index is 2.36. The van der Waals surface area contributed by atoms with Gasteiger partial charge in [-0.3, -0.25) is 9.79 Å². The van der Waals surface area contributed by atoms with Crippen molar-refractivity contribution in [2.24, 2.45) is 10.9 Å². The molecule has 1 unspecified atom stereocenters. The molecule has 0 radical (unpaired) electrons. The van der Waals surface area contributed by atoms with Gasteiger partial charge in [-0.15, -0.1) is 0 Å². The van der Waals surface area contributed by atoms with E-state index in [1.165, 1.54) is 0 Å². The van der Waals surface area contributed by atoms with Crippen LogP contribution >= 0.6 is 0 Å². The Morgan fingerprint density at radius 3 is 2.26 bits per heavy atom. The van der Waals surface area contributed by atoms with Gasteiger partial charge in [0.25, 0.3) is 0 Å². The Kier molecular flexibility index (Phi) is 6.63. The second-order valence-corrected chi connectivity index (χ2v) is 8.13. The van der Waals surface area contributed by atoms with E-state index in [2.05, 4.69) is 4.99 Å². The summed E-state index contributed by atoms with van der Waals surface area (Å²) >= 11 is 0. The highest BCUT2D eigenvalue weighted by molar-refractivity contribution is 7.91. The van der Waals surface area contributed by atoms with Crippen molar-refractivity contribution >= 4 is 27.2 Å². The second-order valence-electron chi connectivity index (χ2n) is 6.22. The first kappa shape index (κ1) is 20.5. The standard InChI is InChI=1S/C20H22N2O4S/c1-14(21)18(12-20(23)24)15(2)22-13-16-8-6-7-11-19(16)27(25,26)17-9-4-3-5-10-17/h3-11,18,21H,12-13H2,1-2H3,(H,23,24). The third kappa shape index (κ3) is 5.10. The van der Waals surface area contributed by atoms with E-state index in [1.807, 2.05) is 0 Å². The number of nitrogens with zero attached hydrogens (tertiary/aromatic N) is 1. The molecular formula is C20H22N2O4S. The van der Waals surface area contributed by atoms with E-state index < -0.39 is 21.7 Å². The number of rotatable bonds is 8. The molecule has 0 fully saturated rings. The molecule has 7 heteroatoms. The molecule has 0 aliphatic carbocycles. The van der Waals surface area contributed by atoms with Crippen LogP contribution in [-0.2, 0) is 21.2 Å². The van der Waals surface area contributed by atoms with Gasteiger partial charge in [0, 0.05) is 17.3 Å². The van der Waals surface area contributed by atoms with Crippen molar-refractivity contribution in [1.82, 2.24) is 0 Å². The molecule has 2 aromatic carbocycles. The molecule has 0 amide bonds. The van der Waals surface area contributed by atoms with Crippen LogP contribution in [0.3, 0.4) is 0 Å². The van der Waals surface area contributed by atoms with Gasteiger partial charge in [-0.2, -0.15) is 0 Å². The summed E-state index contributed by atoms with van der Waals surface area (Å²) in [5.74, 6) is -1.60. The number of hydrogen-bond donors (Lipinski definition) is 2. The largest absolute Gasteiger partial charge is 0.481 e. The number of nitrogens with one attached hydrogen (secondary N) is 1. The first-order valence-electron chi connectivity index (χ1n) is 8.39.